The highest BCUT2D eigenvalue weighted by Crippen LogP contribution is 2.25. The van der Waals surface area contributed by atoms with E-state index in [0.717, 1.165) is 5.69 Å². The molecule has 0 bridgehead atoms. The van der Waals surface area contributed by atoms with Crippen molar-refractivity contribution in [1.29, 1.82) is 0 Å². The minimum atomic E-state index is -0.272. The highest BCUT2D eigenvalue weighted by Gasteiger charge is 2.08. The monoisotopic (exact) mass is 416 g/mol. The van der Waals surface area contributed by atoms with Gasteiger partial charge >= 0.3 is 0 Å². The molecule has 9 nitrogen and oxygen atoms in total. The second kappa shape index (κ2) is 9.40. The molecule has 0 fully saturated rings. The molecule has 2 N–H and O–H groups in total. The second-order valence-corrected chi connectivity index (χ2v) is 6.42. The van der Waals surface area contributed by atoms with E-state index in [4.69, 9.17) is 9.47 Å². The van der Waals surface area contributed by atoms with Crippen LogP contribution in [0.4, 0.5) is 17.2 Å². The Labute approximate surface area is 178 Å². The van der Waals surface area contributed by atoms with Crippen molar-refractivity contribution in [2.75, 3.05) is 24.4 Å². The van der Waals surface area contributed by atoms with Crippen molar-refractivity contribution in [2.24, 2.45) is 0 Å². The first-order valence-corrected chi connectivity index (χ1v) is 9.48. The van der Waals surface area contributed by atoms with Crippen LogP contribution in [0.1, 0.15) is 0 Å². The van der Waals surface area contributed by atoms with E-state index in [1.165, 1.54) is 0 Å². The van der Waals surface area contributed by atoms with Gasteiger partial charge in [-0.05, 0) is 54.6 Å². The summed E-state index contributed by atoms with van der Waals surface area (Å²) in [5.41, 5.74) is 1.46. The van der Waals surface area contributed by atoms with Crippen LogP contribution in [0, 0.1) is 0 Å². The van der Waals surface area contributed by atoms with Crippen LogP contribution in [0.5, 0.6) is 11.5 Å². The molecule has 0 spiro atoms. The van der Waals surface area contributed by atoms with E-state index >= 15 is 0 Å². The number of nitrogens with zero attached hydrogens (tertiary/aromatic N) is 4. The van der Waals surface area contributed by atoms with E-state index in [2.05, 4.69) is 25.9 Å². The van der Waals surface area contributed by atoms with Crippen molar-refractivity contribution in [3.05, 3.63) is 79.1 Å². The van der Waals surface area contributed by atoms with Gasteiger partial charge in [0.1, 0.15) is 0 Å². The molecule has 156 valence electrons. The molecule has 2 aromatic carbocycles. The molecule has 0 unspecified atom stereocenters. The number of anilines is 3. The summed E-state index contributed by atoms with van der Waals surface area (Å²) >= 11 is 0. The fourth-order valence-electron chi connectivity index (χ4n) is 2.78. The number of benzene rings is 2. The molecule has 2 heterocycles. The van der Waals surface area contributed by atoms with Crippen molar-refractivity contribution in [1.82, 2.24) is 20.0 Å². The number of nitrogens with one attached hydrogen (secondary N) is 2. The predicted octanol–water partition coefficient (Wildman–Crippen LogP) is 3.43. The number of carbonyl (C=O) groups excluding carboxylic acids is 1. The molecule has 4 rings (SSSR count). The largest absolute Gasteiger partial charge is 0.493 e. The maximum atomic E-state index is 12.2. The number of hydrogen-bond acceptors (Lipinski definition) is 7. The number of carbonyl (C=O) groups is 1. The van der Waals surface area contributed by atoms with Crippen LogP contribution in [0.2, 0.25) is 0 Å². The summed E-state index contributed by atoms with van der Waals surface area (Å²) in [6.07, 6.45) is 3.48. The van der Waals surface area contributed by atoms with Gasteiger partial charge in [0.2, 0.25) is 0 Å². The number of ether oxygens (including phenoxy) is 2. The lowest BCUT2D eigenvalue weighted by molar-refractivity contribution is -0.118. The third-order valence-electron chi connectivity index (χ3n) is 4.26. The van der Waals surface area contributed by atoms with Gasteiger partial charge in [0, 0.05) is 23.8 Å². The SMILES string of the molecule is COc1ccccc1OCC(=O)Nc1ccc(Nc2ccc(-n3cccn3)nn2)cc1. The number of aromatic nitrogens is 4. The van der Waals surface area contributed by atoms with E-state index in [1.54, 1.807) is 48.5 Å². The Bertz CT molecular complexity index is 1130. The van der Waals surface area contributed by atoms with Crippen LogP contribution >= 0.6 is 0 Å². The van der Waals surface area contributed by atoms with E-state index in [9.17, 15) is 4.79 Å². The van der Waals surface area contributed by atoms with Crippen molar-refractivity contribution in [3.63, 3.8) is 0 Å². The van der Waals surface area contributed by atoms with Gasteiger partial charge in [0.25, 0.3) is 5.91 Å². The van der Waals surface area contributed by atoms with Crippen molar-refractivity contribution < 1.29 is 14.3 Å². The molecule has 0 saturated heterocycles. The fraction of sp³-hybridized carbons (Fsp3) is 0.0909. The third kappa shape index (κ3) is 5.15. The van der Waals surface area contributed by atoms with Gasteiger partial charge in [-0.25, -0.2) is 4.68 Å². The number of hydrogen-bond donors (Lipinski definition) is 2. The van der Waals surface area contributed by atoms with Gasteiger partial charge in [0.15, 0.2) is 29.7 Å². The number of amides is 1. The van der Waals surface area contributed by atoms with Crippen molar-refractivity contribution >= 4 is 23.1 Å². The number of para-hydroxylation sites is 2. The molecule has 0 radical (unpaired) electrons. The Morgan fingerprint density at radius 2 is 1.71 bits per heavy atom. The Kier molecular flexibility index (Phi) is 6.03. The average molecular weight is 416 g/mol. The maximum absolute atomic E-state index is 12.2. The Hall–Kier alpha value is -4.40. The molecule has 1 amide bonds. The van der Waals surface area contributed by atoms with Crippen LogP contribution in [-0.4, -0.2) is 39.6 Å². The molecular weight excluding hydrogens is 396 g/mol. The lowest BCUT2D eigenvalue weighted by atomic mass is 10.2. The first-order chi connectivity index (χ1) is 15.2. The van der Waals surface area contributed by atoms with E-state index < -0.39 is 0 Å². The quantitative estimate of drug-likeness (QED) is 0.454. The summed E-state index contributed by atoms with van der Waals surface area (Å²) in [7, 11) is 1.55. The zero-order chi connectivity index (χ0) is 21.5. The fourth-order valence-corrected chi connectivity index (χ4v) is 2.78. The van der Waals surface area contributed by atoms with Gasteiger partial charge in [0.05, 0.1) is 7.11 Å². The average Bonchev–Trinajstić information content (AvgIpc) is 3.35. The summed E-state index contributed by atoms with van der Waals surface area (Å²) in [6, 6.07) is 19.9. The molecule has 0 atom stereocenters. The van der Waals surface area contributed by atoms with Gasteiger partial charge in [-0.1, -0.05) is 12.1 Å². The summed E-state index contributed by atoms with van der Waals surface area (Å²) in [6.45, 7) is -0.126. The van der Waals surface area contributed by atoms with Gasteiger partial charge in [-0.3, -0.25) is 4.79 Å². The van der Waals surface area contributed by atoms with E-state index in [1.807, 2.05) is 42.5 Å². The predicted molar refractivity (Wildman–Crippen MR) is 116 cm³/mol. The third-order valence-corrected chi connectivity index (χ3v) is 4.26. The molecule has 31 heavy (non-hydrogen) atoms. The molecule has 0 saturated carbocycles. The highest BCUT2D eigenvalue weighted by molar-refractivity contribution is 5.92. The van der Waals surface area contributed by atoms with Crippen molar-refractivity contribution in [3.8, 4) is 17.3 Å². The molecule has 2 aromatic heterocycles. The summed E-state index contributed by atoms with van der Waals surface area (Å²) in [4.78, 5) is 12.2. The smallest absolute Gasteiger partial charge is 0.262 e. The Morgan fingerprint density at radius 3 is 2.39 bits per heavy atom. The minimum Gasteiger partial charge on any atom is -0.493 e. The number of rotatable bonds is 8. The first kappa shape index (κ1) is 19.9. The summed E-state index contributed by atoms with van der Waals surface area (Å²) in [5.74, 6) is 2.04. The van der Waals surface area contributed by atoms with Crippen LogP contribution < -0.4 is 20.1 Å². The van der Waals surface area contributed by atoms with Crippen LogP contribution in [0.25, 0.3) is 5.82 Å². The molecule has 4 aromatic rings. The first-order valence-electron chi connectivity index (χ1n) is 9.48. The standard InChI is InChI=1S/C22H20N6O3/c1-30-18-5-2-3-6-19(18)31-15-22(29)25-17-9-7-16(8-10-17)24-20-11-12-21(27-26-20)28-14-4-13-23-28/h2-14H,15H2,1H3,(H,24,26)(H,25,29). The Morgan fingerprint density at radius 1 is 0.935 bits per heavy atom. The zero-order valence-corrected chi connectivity index (χ0v) is 16.7. The lowest BCUT2D eigenvalue weighted by Gasteiger charge is -2.11. The van der Waals surface area contributed by atoms with Gasteiger partial charge in [-0.15, -0.1) is 10.2 Å². The lowest BCUT2D eigenvalue weighted by Crippen LogP contribution is -2.20. The zero-order valence-electron chi connectivity index (χ0n) is 16.7. The molecule has 0 aliphatic rings. The summed E-state index contributed by atoms with van der Waals surface area (Å²) in [5, 5.41) is 18.4. The molecule has 0 aliphatic heterocycles. The highest BCUT2D eigenvalue weighted by atomic mass is 16.5. The summed E-state index contributed by atoms with van der Waals surface area (Å²) < 4.78 is 12.4. The van der Waals surface area contributed by atoms with E-state index in [-0.39, 0.29) is 12.5 Å². The normalized spacial score (nSPS) is 10.4. The topological polar surface area (TPSA) is 103 Å². The second-order valence-electron chi connectivity index (χ2n) is 6.42. The van der Waals surface area contributed by atoms with Crippen LogP contribution in [-0.2, 0) is 4.79 Å². The van der Waals surface area contributed by atoms with E-state index in [0.29, 0.717) is 28.8 Å². The minimum absolute atomic E-state index is 0.126. The molecule has 0 aliphatic carbocycles. The van der Waals surface area contributed by atoms with Gasteiger partial charge < -0.3 is 20.1 Å². The molecular formula is C22H20N6O3. The number of methoxy groups -OCH3 is 1. The van der Waals surface area contributed by atoms with Crippen LogP contribution in [0.3, 0.4) is 0 Å². The maximum Gasteiger partial charge on any atom is 0.262 e. The Balaban J connectivity index is 1.30. The van der Waals surface area contributed by atoms with Crippen molar-refractivity contribution in [2.45, 2.75) is 0 Å². The van der Waals surface area contributed by atoms with Gasteiger partial charge in [-0.2, -0.15) is 5.10 Å². The molecule has 9 heteroatoms. The van der Waals surface area contributed by atoms with Crippen LogP contribution in [0.15, 0.2) is 79.1 Å².